The van der Waals surface area contributed by atoms with Crippen molar-refractivity contribution in [1.82, 2.24) is 0 Å². The molecule has 0 aromatic heterocycles. The zero-order chi connectivity index (χ0) is 14.3. The number of hydrogen-bond acceptors (Lipinski definition) is 12. The van der Waals surface area contributed by atoms with Gasteiger partial charge in [-0.15, -0.1) is 0 Å². The van der Waals surface area contributed by atoms with E-state index in [1.807, 2.05) is 0 Å². The van der Waals surface area contributed by atoms with Gasteiger partial charge in [0.15, 0.2) is 0 Å². The third-order valence-corrected chi connectivity index (χ3v) is 0. The van der Waals surface area contributed by atoms with E-state index >= 15 is 0 Å². The summed E-state index contributed by atoms with van der Waals surface area (Å²) in [6.07, 6.45) is 0. The third-order valence-electron chi connectivity index (χ3n) is 0. The van der Waals surface area contributed by atoms with Gasteiger partial charge in [-0.2, -0.15) is 0 Å². The van der Waals surface area contributed by atoms with Gasteiger partial charge >= 0.3 is 114 Å². The smallest absolute Gasteiger partial charge is 0.854 e. The number of rotatable bonds is 0. The summed E-state index contributed by atoms with van der Waals surface area (Å²) in [7, 11) is -11.2. The molecule has 0 saturated carbocycles. The van der Waals surface area contributed by atoms with Crippen molar-refractivity contribution in [3.63, 3.8) is 0 Å². The van der Waals surface area contributed by atoms with Crippen LogP contribution in [0.25, 0.3) is 0 Å². The van der Waals surface area contributed by atoms with Gasteiger partial charge in [-0.1, -0.05) is 0 Å². The molecule has 19 heavy (non-hydrogen) atoms. The van der Waals surface area contributed by atoms with Crippen molar-refractivity contribution in [1.29, 1.82) is 0 Å². The molecule has 0 aromatic rings. The van der Waals surface area contributed by atoms with E-state index in [-0.39, 0.29) is 88.7 Å². The van der Waals surface area contributed by atoms with Gasteiger partial charge in [0.25, 0.3) is 0 Å². The molecule has 0 bridgehead atoms. The summed E-state index contributed by atoms with van der Waals surface area (Å²) >= 11 is 0. The van der Waals surface area contributed by atoms with Gasteiger partial charge in [0, 0.05) is 0 Å². The first-order valence-corrected chi connectivity index (χ1v) is 7.04. The van der Waals surface area contributed by atoms with Gasteiger partial charge in [0.2, 0.25) is 0 Å². The minimum absolute atomic E-state index is 0. The van der Waals surface area contributed by atoms with Crippen LogP contribution in [0.5, 0.6) is 0 Å². The molecule has 104 valence electrons. The normalized spacial score (nSPS) is 7.58. The molecule has 0 aliphatic carbocycles. The SMILES string of the molecule is OP(O)O.OP(O)O.OP(O)O.[Na+].[Na+].[Na+].[O-]P([O-])[O-]. The average molecular weight is 394 g/mol. The minimum atomic E-state index is -3.37. The van der Waals surface area contributed by atoms with Crippen LogP contribution in [-0.4, -0.2) is 44.0 Å². The van der Waals surface area contributed by atoms with Crippen LogP contribution < -0.4 is 103 Å². The van der Waals surface area contributed by atoms with E-state index in [1.54, 1.807) is 0 Å². The minimum Gasteiger partial charge on any atom is -0.854 e. The molecule has 19 heteroatoms. The molecule has 0 saturated heterocycles. The van der Waals surface area contributed by atoms with Crippen molar-refractivity contribution in [3.8, 4) is 0 Å². The summed E-state index contributed by atoms with van der Waals surface area (Å²) < 4.78 is 0. The summed E-state index contributed by atoms with van der Waals surface area (Å²) in [4.78, 5) is 90.5. The predicted octanol–water partition coefficient (Wildman–Crippen LogP) is -14.1. The van der Waals surface area contributed by atoms with Crippen LogP contribution in [0.2, 0.25) is 0 Å². The van der Waals surface area contributed by atoms with Gasteiger partial charge < -0.3 is 67.3 Å². The first-order chi connectivity index (χ1) is 6.93. The van der Waals surface area contributed by atoms with Gasteiger partial charge in [-0.05, 0) is 0 Å². The topological polar surface area (TPSA) is 251 Å². The largest absolute Gasteiger partial charge is 1.00 e. The van der Waals surface area contributed by atoms with E-state index in [0.717, 1.165) is 0 Å². The Bertz CT molecular complexity index is 68.0. The second kappa shape index (κ2) is 38.0. The Balaban J connectivity index is -0.0000000192. The van der Waals surface area contributed by atoms with Crippen molar-refractivity contribution in [3.05, 3.63) is 0 Å². The van der Waals surface area contributed by atoms with Crippen LogP contribution in [0.3, 0.4) is 0 Å². The number of hydrogen-bond donors (Lipinski definition) is 9. The quantitative estimate of drug-likeness (QED) is 0.137. The van der Waals surface area contributed by atoms with Gasteiger partial charge in [-0.3, -0.25) is 0 Å². The summed E-state index contributed by atoms with van der Waals surface area (Å²) in [5.41, 5.74) is 0. The standard InChI is InChI=1S/3Na.3H3O3P.O3P/c;;;4*1-4(2)3/h;;;3*1-3H;/q3*+1;;;;-3. The van der Waals surface area contributed by atoms with E-state index in [4.69, 9.17) is 58.7 Å². The molecule has 12 nitrogen and oxygen atoms in total. The van der Waals surface area contributed by atoms with Crippen molar-refractivity contribution < 1.29 is 147 Å². The van der Waals surface area contributed by atoms with Crippen LogP contribution >= 0.6 is 34.4 Å². The van der Waals surface area contributed by atoms with Crippen LogP contribution in [0.1, 0.15) is 0 Å². The maximum Gasteiger partial charge on any atom is 1.00 e. The molecule has 0 unspecified atom stereocenters. The van der Waals surface area contributed by atoms with Gasteiger partial charge in [-0.25, -0.2) is 0 Å². The first-order valence-electron chi connectivity index (χ1n) is 2.35. The zero-order valence-electron chi connectivity index (χ0n) is 10.0. The first kappa shape index (κ1) is 43.6. The Kier molecular flexibility index (Phi) is 87.3. The van der Waals surface area contributed by atoms with Crippen molar-refractivity contribution in [2.75, 3.05) is 0 Å². The monoisotopic (exact) mass is 394 g/mol. The maximum absolute atomic E-state index is 8.48. The summed E-state index contributed by atoms with van der Waals surface area (Å²) in [5.74, 6) is 0. The fraction of sp³-hybridized carbons (Fsp3) is 0. The van der Waals surface area contributed by atoms with Gasteiger partial charge in [0.1, 0.15) is 0 Å². The van der Waals surface area contributed by atoms with Crippen LogP contribution in [0, 0.1) is 0 Å². The van der Waals surface area contributed by atoms with Crippen LogP contribution in [0.4, 0.5) is 0 Å². The molecule has 0 spiro atoms. The summed E-state index contributed by atoms with van der Waals surface area (Å²) in [5, 5.41) is 0. The van der Waals surface area contributed by atoms with Crippen molar-refractivity contribution >= 4 is 34.4 Å². The molecule has 0 aromatic carbocycles. The van der Waals surface area contributed by atoms with Gasteiger partial charge in [0.05, 0.1) is 0 Å². The zero-order valence-corrected chi connectivity index (χ0v) is 19.6. The molecule has 0 rings (SSSR count). The molecule has 0 radical (unpaired) electrons. The molecule has 0 heterocycles. The Morgan fingerprint density at radius 2 is 0.421 bits per heavy atom. The van der Waals surface area contributed by atoms with E-state index in [0.29, 0.717) is 0 Å². The Hall–Kier alpha value is 4.24. The molecule has 0 fully saturated rings. The average Bonchev–Trinajstić information content (AvgIpc) is 1.76. The molecular weight excluding hydrogens is 385 g/mol. The maximum atomic E-state index is 8.48. The van der Waals surface area contributed by atoms with Crippen molar-refractivity contribution in [2.45, 2.75) is 0 Å². The van der Waals surface area contributed by atoms with Crippen LogP contribution in [-0.2, 0) is 0 Å². The molecule has 0 aliphatic heterocycles. The molecule has 0 atom stereocenters. The second-order valence-corrected chi connectivity index (χ2v) is 3.09. The fourth-order valence-electron chi connectivity index (χ4n) is 0. The van der Waals surface area contributed by atoms with Crippen molar-refractivity contribution in [2.24, 2.45) is 0 Å². The van der Waals surface area contributed by atoms with E-state index in [1.165, 1.54) is 0 Å². The summed E-state index contributed by atoms with van der Waals surface area (Å²) in [6, 6.07) is 0. The summed E-state index contributed by atoms with van der Waals surface area (Å²) in [6.45, 7) is 0. The Morgan fingerprint density at radius 3 is 0.421 bits per heavy atom. The Labute approximate surface area is 179 Å². The Morgan fingerprint density at radius 1 is 0.421 bits per heavy atom. The third kappa shape index (κ3) is 507. The van der Waals surface area contributed by atoms with Crippen LogP contribution in [0.15, 0.2) is 0 Å². The van der Waals surface area contributed by atoms with E-state index < -0.39 is 34.4 Å². The molecule has 9 N–H and O–H groups in total. The van der Waals surface area contributed by atoms with E-state index in [9.17, 15) is 0 Å². The second-order valence-electron chi connectivity index (χ2n) is 1.03. The molecule has 0 amide bonds. The molecule has 0 aliphatic rings. The van der Waals surface area contributed by atoms with E-state index in [2.05, 4.69) is 0 Å². The fourth-order valence-corrected chi connectivity index (χ4v) is 0. The predicted molar refractivity (Wildman–Crippen MR) is 47.6 cm³/mol. The molecular formula is H9Na3O12P4.